The van der Waals surface area contributed by atoms with E-state index in [2.05, 4.69) is 30.0 Å². The summed E-state index contributed by atoms with van der Waals surface area (Å²) in [4.78, 5) is 15.5. The van der Waals surface area contributed by atoms with Gasteiger partial charge in [0, 0.05) is 18.3 Å². The number of hydrogen-bond acceptors (Lipinski definition) is 5. The lowest BCUT2D eigenvalue weighted by atomic mass is 10.0. The highest BCUT2D eigenvalue weighted by atomic mass is 15.3. The van der Waals surface area contributed by atoms with Gasteiger partial charge in [-0.25, -0.2) is 15.0 Å². The van der Waals surface area contributed by atoms with Crippen molar-refractivity contribution in [3.63, 3.8) is 0 Å². The Morgan fingerprint density at radius 2 is 2.16 bits per heavy atom. The maximum Gasteiger partial charge on any atom is 0.147 e. The second-order valence-electron chi connectivity index (χ2n) is 4.99. The summed E-state index contributed by atoms with van der Waals surface area (Å²) in [5.74, 6) is 2.73. The number of anilines is 1. The molecule has 0 saturated carbocycles. The van der Waals surface area contributed by atoms with Gasteiger partial charge in [0.25, 0.3) is 0 Å². The smallest absolute Gasteiger partial charge is 0.147 e. The Labute approximate surface area is 112 Å². The van der Waals surface area contributed by atoms with Gasteiger partial charge < -0.3 is 4.90 Å². The van der Waals surface area contributed by atoms with Crippen LogP contribution in [0.25, 0.3) is 0 Å². The Hall–Kier alpha value is -1.98. The van der Waals surface area contributed by atoms with Gasteiger partial charge in [0.15, 0.2) is 0 Å². The quantitative estimate of drug-likeness (QED) is 0.891. The van der Waals surface area contributed by atoms with Crippen LogP contribution in [0, 0.1) is 13.8 Å². The summed E-state index contributed by atoms with van der Waals surface area (Å²) in [6.07, 6.45) is 5.05. The Morgan fingerprint density at radius 1 is 1.26 bits per heavy atom. The van der Waals surface area contributed by atoms with Crippen molar-refractivity contribution in [2.75, 3.05) is 11.4 Å². The first-order valence-electron chi connectivity index (χ1n) is 6.68. The monoisotopic (exact) mass is 258 g/mol. The van der Waals surface area contributed by atoms with Crippen LogP contribution in [0.15, 0.2) is 12.4 Å². The van der Waals surface area contributed by atoms with Crippen molar-refractivity contribution in [3.8, 4) is 0 Å². The van der Waals surface area contributed by atoms with Gasteiger partial charge in [-0.2, -0.15) is 5.10 Å². The van der Waals surface area contributed by atoms with E-state index < -0.39 is 0 Å². The molecular formula is C13H18N6. The molecule has 6 nitrogen and oxygen atoms in total. The number of nitrogens with zero attached hydrogens (tertiary/aromatic N) is 5. The van der Waals surface area contributed by atoms with E-state index in [4.69, 9.17) is 0 Å². The first-order valence-corrected chi connectivity index (χ1v) is 6.68. The number of rotatable bonds is 2. The maximum atomic E-state index is 4.57. The molecule has 0 aromatic carbocycles. The molecule has 3 rings (SSSR count). The molecule has 2 aromatic rings. The largest absolute Gasteiger partial charge is 0.346 e. The van der Waals surface area contributed by atoms with Crippen LogP contribution in [-0.4, -0.2) is 31.7 Å². The van der Waals surface area contributed by atoms with Crippen LogP contribution in [-0.2, 0) is 0 Å². The van der Waals surface area contributed by atoms with E-state index in [1.165, 1.54) is 12.8 Å². The lowest BCUT2D eigenvalue weighted by Crippen LogP contribution is -2.35. The molecule has 1 fully saturated rings. The Balaban J connectivity index is 1.96. The second kappa shape index (κ2) is 4.95. The van der Waals surface area contributed by atoms with Gasteiger partial charge in [-0.1, -0.05) is 0 Å². The van der Waals surface area contributed by atoms with E-state index in [0.717, 1.165) is 36.1 Å². The molecule has 0 spiro atoms. The van der Waals surface area contributed by atoms with Gasteiger partial charge in [-0.15, -0.1) is 0 Å². The summed E-state index contributed by atoms with van der Waals surface area (Å²) in [5, 5.41) is 6.95. The van der Waals surface area contributed by atoms with E-state index in [0.29, 0.717) is 0 Å². The number of nitrogens with one attached hydrogen (secondary N) is 1. The number of hydrogen-bond donors (Lipinski definition) is 1. The summed E-state index contributed by atoms with van der Waals surface area (Å²) in [6.45, 7) is 4.94. The van der Waals surface area contributed by atoms with E-state index >= 15 is 0 Å². The Bertz CT molecular complexity index is 530. The first-order chi connectivity index (χ1) is 9.24. The predicted octanol–water partition coefficient (Wildman–Crippen LogP) is 1.94. The average Bonchev–Trinajstić information content (AvgIpc) is 2.91. The van der Waals surface area contributed by atoms with Gasteiger partial charge in [-0.05, 0) is 33.1 Å². The molecule has 1 saturated heterocycles. The molecule has 0 unspecified atom stereocenters. The second-order valence-corrected chi connectivity index (χ2v) is 4.99. The van der Waals surface area contributed by atoms with Crippen LogP contribution < -0.4 is 4.90 Å². The van der Waals surface area contributed by atoms with E-state index in [1.54, 1.807) is 6.33 Å². The fourth-order valence-corrected chi connectivity index (χ4v) is 2.71. The molecule has 0 radical (unpaired) electrons. The highest BCUT2D eigenvalue weighted by Crippen LogP contribution is 2.32. The molecule has 3 heterocycles. The van der Waals surface area contributed by atoms with Crippen molar-refractivity contribution < 1.29 is 0 Å². The summed E-state index contributed by atoms with van der Waals surface area (Å²) in [6, 6.07) is 2.28. The lowest BCUT2D eigenvalue weighted by molar-refractivity contribution is 0.453. The molecule has 2 aromatic heterocycles. The molecule has 1 N–H and O–H groups in total. The standard InChI is InChI=1S/C13H18N6/c1-9-7-12(17-10(2)16-9)19-6-4-3-5-11(19)13-14-8-15-18-13/h7-8,11H,3-6H2,1-2H3,(H,14,15,18)/t11-/m0/s1. The summed E-state index contributed by atoms with van der Waals surface area (Å²) in [7, 11) is 0. The minimum absolute atomic E-state index is 0.241. The number of aromatic amines is 1. The predicted molar refractivity (Wildman–Crippen MR) is 71.8 cm³/mol. The van der Waals surface area contributed by atoms with Crippen LogP contribution in [0.1, 0.15) is 42.6 Å². The normalized spacial score (nSPS) is 19.7. The molecule has 0 amide bonds. The number of piperidine rings is 1. The number of aryl methyl sites for hydroxylation is 2. The Kier molecular flexibility index (Phi) is 3.15. The van der Waals surface area contributed by atoms with Crippen molar-refractivity contribution in [2.24, 2.45) is 0 Å². The molecule has 1 aliphatic rings. The number of aromatic nitrogens is 5. The van der Waals surface area contributed by atoms with Crippen LogP contribution in [0.5, 0.6) is 0 Å². The highest BCUT2D eigenvalue weighted by molar-refractivity contribution is 5.42. The molecule has 19 heavy (non-hydrogen) atoms. The van der Waals surface area contributed by atoms with Crippen molar-refractivity contribution in [2.45, 2.75) is 39.2 Å². The highest BCUT2D eigenvalue weighted by Gasteiger charge is 2.27. The fourth-order valence-electron chi connectivity index (χ4n) is 2.71. The third-order valence-corrected chi connectivity index (χ3v) is 3.50. The summed E-state index contributed by atoms with van der Waals surface area (Å²) < 4.78 is 0. The van der Waals surface area contributed by atoms with Crippen LogP contribution in [0.4, 0.5) is 5.82 Å². The zero-order chi connectivity index (χ0) is 13.2. The summed E-state index contributed by atoms with van der Waals surface area (Å²) >= 11 is 0. The SMILES string of the molecule is Cc1cc(N2CCCC[C@H]2c2ncn[nH]2)nc(C)n1. The minimum atomic E-state index is 0.241. The van der Waals surface area contributed by atoms with Gasteiger partial charge in [-0.3, -0.25) is 5.10 Å². The van der Waals surface area contributed by atoms with Gasteiger partial charge >= 0.3 is 0 Å². The van der Waals surface area contributed by atoms with E-state index in [1.807, 2.05) is 19.9 Å². The first kappa shape index (κ1) is 12.1. The van der Waals surface area contributed by atoms with Gasteiger partial charge in [0.1, 0.15) is 23.8 Å². The molecular weight excluding hydrogens is 240 g/mol. The number of H-pyrrole nitrogens is 1. The lowest BCUT2D eigenvalue weighted by Gasteiger charge is -2.35. The zero-order valence-electron chi connectivity index (χ0n) is 11.3. The zero-order valence-corrected chi connectivity index (χ0v) is 11.3. The third kappa shape index (κ3) is 2.43. The van der Waals surface area contributed by atoms with Gasteiger partial charge in [0.2, 0.25) is 0 Å². The molecule has 0 bridgehead atoms. The average molecular weight is 258 g/mol. The molecule has 100 valence electrons. The van der Waals surface area contributed by atoms with Crippen molar-refractivity contribution in [3.05, 3.63) is 29.7 Å². The van der Waals surface area contributed by atoms with Crippen LogP contribution in [0.2, 0.25) is 0 Å². The minimum Gasteiger partial charge on any atom is -0.346 e. The van der Waals surface area contributed by atoms with Crippen molar-refractivity contribution in [1.82, 2.24) is 25.1 Å². The molecule has 1 atom stereocenters. The molecule has 0 aliphatic carbocycles. The third-order valence-electron chi connectivity index (χ3n) is 3.50. The van der Waals surface area contributed by atoms with Crippen molar-refractivity contribution >= 4 is 5.82 Å². The van der Waals surface area contributed by atoms with Crippen LogP contribution in [0.3, 0.4) is 0 Å². The summed E-state index contributed by atoms with van der Waals surface area (Å²) in [5.41, 5.74) is 1.00. The topological polar surface area (TPSA) is 70.6 Å². The van der Waals surface area contributed by atoms with Crippen molar-refractivity contribution in [1.29, 1.82) is 0 Å². The van der Waals surface area contributed by atoms with E-state index in [-0.39, 0.29) is 6.04 Å². The maximum absolute atomic E-state index is 4.57. The Morgan fingerprint density at radius 3 is 2.89 bits per heavy atom. The molecule has 6 heteroatoms. The fraction of sp³-hybridized carbons (Fsp3) is 0.538. The van der Waals surface area contributed by atoms with E-state index in [9.17, 15) is 0 Å². The molecule has 1 aliphatic heterocycles. The van der Waals surface area contributed by atoms with Gasteiger partial charge in [0.05, 0.1) is 6.04 Å². The van der Waals surface area contributed by atoms with Crippen LogP contribution >= 0.6 is 0 Å².